The Labute approximate surface area is 93.9 Å². The molecule has 0 aliphatic heterocycles. The molecule has 0 saturated carbocycles. The highest BCUT2D eigenvalue weighted by atomic mass is 35.5. The molecule has 0 aliphatic carbocycles. The molecule has 1 atom stereocenters. The molecule has 0 nitrogen and oxygen atoms in total. The third-order valence-electron chi connectivity index (χ3n) is 2.47. The first-order valence-electron chi connectivity index (χ1n) is 4.36. The number of halogens is 2. The van der Waals surface area contributed by atoms with Gasteiger partial charge in [-0.3, -0.25) is 0 Å². The number of alkyl halides is 1. The van der Waals surface area contributed by atoms with Gasteiger partial charge in [0.05, 0.1) is 10.4 Å². The van der Waals surface area contributed by atoms with Crippen LogP contribution in [-0.4, -0.2) is 0 Å². The fraction of sp³-hybridized carbons (Fsp3) is 0.600. The number of hydrogen-bond donors (Lipinski definition) is 0. The van der Waals surface area contributed by atoms with Crippen molar-refractivity contribution in [1.82, 2.24) is 0 Å². The summed E-state index contributed by atoms with van der Waals surface area (Å²) < 4.78 is 0. The van der Waals surface area contributed by atoms with Gasteiger partial charge in [-0.15, -0.1) is 22.9 Å². The van der Waals surface area contributed by atoms with Crippen LogP contribution in [0.15, 0.2) is 11.4 Å². The zero-order valence-corrected chi connectivity index (χ0v) is 10.4. The molecule has 0 N–H and O–H groups in total. The molecule has 1 rings (SSSR count). The average Bonchev–Trinajstić information content (AvgIpc) is 2.50. The summed E-state index contributed by atoms with van der Waals surface area (Å²) in [4.78, 5) is 1.09. The molecule has 1 heterocycles. The SMILES string of the molecule is CCC(C)(C)C(Cl)c1sccc1Cl. The summed E-state index contributed by atoms with van der Waals surface area (Å²) in [5.74, 6) is 0. The van der Waals surface area contributed by atoms with Gasteiger partial charge < -0.3 is 0 Å². The standard InChI is InChI=1S/C10H14Cl2S/c1-4-10(2,3)9(12)8-7(11)5-6-13-8/h5-6,9H,4H2,1-3H3. The van der Waals surface area contributed by atoms with Crippen molar-refractivity contribution in [3.05, 3.63) is 21.3 Å². The fourth-order valence-electron chi connectivity index (χ4n) is 1.02. The lowest BCUT2D eigenvalue weighted by atomic mass is 9.85. The van der Waals surface area contributed by atoms with Gasteiger partial charge in [-0.1, -0.05) is 32.4 Å². The Kier molecular flexibility index (Phi) is 3.67. The number of thiophene rings is 1. The van der Waals surface area contributed by atoms with E-state index in [9.17, 15) is 0 Å². The van der Waals surface area contributed by atoms with E-state index >= 15 is 0 Å². The maximum atomic E-state index is 6.37. The van der Waals surface area contributed by atoms with Crippen LogP contribution in [0.1, 0.15) is 37.4 Å². The van der Waals surface area contributed by atoms with Crippen LogP contribution in [0.3, 0.4) is 0 Å². The molecule has 13 heavy (non-hydrogen) atoms. The molecule has 1 aromatic heterocycles. The highest BCUT2D eigenvalue weighted by Gasteiger charge is 2.29. The van der Waals surface area contributed by atoms with Crippen LogP contribution < -0.4 is 0 Å². The molecule has 0 radical (unpaired) electrons. The van der Waals surface area contributed by atoms with E-state index in [0.29, 0.717) is 0 Å². The van der Waals surface area contributed by atoms with Crippen LogP contribution in [-0.2, 0) is 0 Å². The Hall–Kier alpha value is 0.280. The van der Waals surface area contributed by atoms with Gasteiger partial charge in [-0.2, -0.15) is 0 Å². The lowest BCUT2D eigenvalue weighted by molar-refractivity contribution is 0.339. The third kappa shape index (κ3) is 2.39. The van der Waals surface area contributed by atoms with E-state index in [1.54, 1.807) is 11.3 Å². The molecule has 3 heteroatoms. The Balaban J connectivity index is 2.91. The van der Waals surface area contributed by atoms with Crippen LogP contribution in [0.25, 0.3) is 0 Å². The van der Waals surface area contributed by atoms with Crippen LogP contribution in [0.4, 0.5) is 0 Å². The van der Waals surface area contributed by atoms with E-state index in [2.05, 4.69) is 20.8 Å². The molecule has 0 fully saturated rings. The molecular formula is C10H14Cl2S. The van der Waals surface area contributed by atoms with Crippen molar-refractivity contribution in [2.24, 2.45) is 5.41 Å². The van der Waals surface area contributed by atoms with Crippen LogP contribution in [0.5, 0.6) is 0 Å². The van der Waals surface area contributed by atoms with E-state index in [0.717, 1.165) is 16.3 Å². The van der Waals surface area contributed by atoms with E-state index in [1.165, 1.54) is 0 Å². The van der Waals surface area contributed by atoms with Gasteiger partial charge in [0.25, 0.3) is 0 Å². The van der Waals surface area contributed by atoms with E-state index in [4.69, 9.17) is 23.2 Å². The van der Waals surface area contributed by atoms with Gasteiger partial charge in [-0.25, -0.2) is 0 Å². The molecule has 0 aromatic carbocycles. The summed E-state index contributed by atoms with van der Waals surface area (Å²) in [6.07, 6.45) is 1.05. The van der Waals surface area contributed by atoms with Crippen molar-refractivity contribution in [1.29, 1.82) is 0 Å². The van der Waals surface area contributed by atoms with Crippen LogP contribution in [0, 0.1) is 5.41 Å². The van der Waals surface area contributed by atoms with Gasteiger partial charge in [0.15, 0.2) is 0 Å². The molecule has 1 aromatic rings. The fourth-order valence-corrected chi connectivity index (χ4v) is 2.85. The second-order valence-electron chi connectivity index (χ2n) is 3.84. The van der Waals surface area contributed by atoms with Gasteiger partial charge in [0.1, 0.15) is 0 Å². The Morgan fingerprint density at radius 3 is 2.54 bits per heavy atom. The smallest absolute Gasteiger partial charge is 0.0744 e. The summed E-state index contributed by atoms with van der Waals surface area (Å²) in [6, 6.07) is 1.91. The van der Waals surface area contributed by atoms with Gasteiger partial charge in [0.2, 0.25) is 0 Å². The monoisotopic (exact) mass is 236 g/mol. The lowest BCUT2D eigenvalue weighted by Crippen LogP contribution is -2.16. The maximum absolute atomic E-state index is 6.37. The van der Waals surface area contributed by atoms with Crippen LogP contribution >= 0.6 is 34.5 Å². The summed E-state index contributed by atoms with van der Waals surface area (Å²) in [5.41, 5.74) is 0.107. The van der Waals surface area contributed by atoms with Gasteiger partial charge >= 0.3 is 0 Å². The summed E-state index contributed by atoms with van der Waals surface area (Å²) in [5, 5.41) is 2.80. The highest BCUT2D eigenvalue weighted by Crippen LogP contribution is 2.45. The van der Waals surface area contributed by atoms with Gasteiger partial charge in [-0.05, 0) is 23.3 Å². The van der Waals surface area contributed by atoms with Crippen molar-refractivity contribution in [2.45, 2.75) is 32.6 Å². The number of rotatable bonds is 3. The first-order chi connectivity index (χ1) is 5.99. The van der Waals surface area contributed by atoms with Crippen LogP contribution in [0.2, 0.25) is 5.02 Å². The topological polar surface area (TPSA) is 0 Å². The Bertz CT molecular complexity index is 278. The summed E-state index contributed by atoms with van der Waals surface area (Å²) >= 11 is 14.0. The first kappa shape index (κ1) is 11.4. The first-order valence-corrected chi connectivity index (χ1v) is 6.05. The summed E-state index contributed by atoms with van der Waals surface area (Å²) in [7, 11) is 0. The maximum Gasteiger partial charge on any atom is 0.0744 e. The minimum atomic E-state index is 0.0185. The summed E-state index contributed by atoms with van der Waals surface area (Å²) in [6.45, 7) is 6.48. The second kappa shape index (κ2) is 4.20. The van der Waals surface area contributed by atoms with E-state index in [-0.39, 0.29) is 10.8 Å². The average molecular weight is 237 g/mol. The zero-order valence-electron chi connectivity index (χ0n) is 8.10. The molecule has 0 bridgehead atoms. The van der Waals surface area contributed by atoms with Crippen molar-refractivity contribution in [3.8, 4) is 0 Å². The van der Waals surface area contributed by atoms with E-state index < -0.39 is 0 Å². The number of hydrogen-bond acceptors (Lipinski definition) is 1. The Morgan fingerprint density at radius 2 is 2.15 bits per heavy atom. The van der Waals surface area contributed by atoms with E-state index in [1.807, 2.05) is 11.4 Å². The molecule has 0 aliphatic rings. The zero-order chi connectivity index (χ0) is 10.1. The Morgan fingerprint density at radius 1 is 1.54 bits per heavy atom. The molecular weight excluding hydrogens is 223 g/mol. The molecule has 74 valence electrons. The predicted molar refractivity (Wildman–Crippen MR) is 62.0 cm³/mol. The second-order valence-corrected chi connectivity index (χ2v) is 5.63. The third-order valence-corrected chi connectivity index (χ3v) is 4.83. The lowest BCUT2D eigenvalue weighted by Gasteiger charge is -2.28. The van der Waals surface area contributed by atoms with Crippen molar-refractivity contribution in [3.63, 3.8) is 0 Å². The predicted octanol–water partition coefficient (Wildman–Crippen LogP) is 5.12. The van der Waals surface area contributed by atoms with Crippen molar-refractivity contribution >= 4 is 34.5 Å². The molecule has 0 spiro atoms. The largest absolute Gasteiger partial charge is 0.146 e. The highest BCUT2D eigenvalue weighted by molar-refractivity contribution is 7.11. The quantitative estimate of drug-likeness (QED) is 0.640. The minimum Gasteiger partial charge on any atom is -0.146 e. The van der Waals surface area contributed by atoms with Crippen molar-refractivity contribution < 1.29 is 0 Å². The molecule has 0 amide bonds. The normalized spacial score (nSPS) is 14.5. The molecule has 0 saturated heterocycles. The minimum absolute atomic E-state index is 0.0185. The van der Waals surface area contributed by atoms with Crippen molar-refractivity contribution in [2.75, 3.05) is 0 Å². The molecule has 1 unspecified atom stereocenters. The van der Waals surface area contributed by atoms with Gasteiger partial charge in [0, 0.05) is 4.88 Å².